The first-order chi connectivity index (χ1) is 25.3. The van der Waals surface area contributed by atoms with E-state index in [0.717, 1.165) is 16.6 Å². The van der Waals surface area contributed by atoms with E-state index in [-0.39, 0.29) is 0 Å². The Morgan fingerprint density at radius 1 is 0.275 bits per heavy atom. The van der Waals surface area contributed by atoms with Crippen molar-refractivity contribution in [2.75, 3.05) is 0 Å². The summed E-state index contributed by atoms with van der Waals surface area (Å²) in [6.07, 6.45) is 0. The molecule has 11 rings (SSSR count). The third-order valence-electron chi connectivity index (χ3n) is 10.8. The lowest BCUT2D eigenvalue weighted by atomic mass is 9.84. The molecule has 1 heteroatoms. The van der Waals surface area contributed by atoms with Crippen LogP contribution >= 0.6 is 0 Å². The van der Waals surface area contributed by atoms with Crippen molar-refractivity contribution in [3.8, 4) is 33.4 Å². The maximum Gasteiger partial charge on any atom is 0.136 e. The van der Waals surface area contributed by atoms with E-state index in [1.165, 1.54) is 92.6 Å². The SMILES string of the molecule is c1ccc2c(-c3c4ccccc4c(-c4ccc5cc(-c6ccc7oc8ccc9ccccc9c8c7c6)ccc5c4)c4ccccc34)cccc2c1. The summed E-state index contributed by atoms with van der Waals surface area (Å²) in [7, 11) is 0. The van der Waals surface area contributed by atoms with E-state index in [0.29, 0.717) is 0 Å². The van der Waals surface area contributed by atoms with Crippen LogP contribution in [0.2, 0.25) is 0 Å². The molecular formula is C50H30O. The molecule has 0 amide bonds. The van der Waals surface area contributed by atoms with Crippen molar-refractivity contribution in [3.63, 3.8) is 0 Å². The lowest BCUT2D eigenvalue weighted by Crippen LogP contribution is -1.91. The predicted molar refractivity (Wildman–Crippen MR) is 218 cm³/mol. The molecule has 0 aliphatic heterocycles. The smallest absolute Gasteiger partial charge is 0.136 e. The Bertz CT molecular complexity index is 3130. The van der Waals surface area contributed by atoms with Gasteiger partial charge in [0.1, 0.15) is 11.2 Å². The standard InChI is InChI=1S/C50H30O/c1-3-13-38-31(10-1)12-9-19-40(38)49-43-17-7-5-15-41(43)48(42-16-6-8-18-44(42)49)37-23-22-33-28-34(20-21-35(33)29-37)36-25-26-46-45(30-36)50-39-14-4-2-11-32(39)24-27-47(50)51-46/h1-30H. The van der Waals surface area contributed by atoms with Gasteiger partial charge in [-0.2, -0.15) is 0 Å². The van der Waals surface area contributed by atoms with Crippen LogP contribution < -0.4 is 0 Å². The van der Waals surface area contributed by atoms with Gasteiger partial charge in [-0.3, -0.25) is 0 Å². The van der Waals surface area contributed by atoms with Gasteiger partial charge in [-0.05, 0) is 118 Å². The second-order valence-corrected chi connectivity index (χ2v) is 13.6. The van der Waals surface area contributed by atoms with Gasteiger partial charge in [-0.1, -0.05) is 152 Å². The number of hydrogen-bond acceptors (Lipinski definition) is 1. The first-order valence-electron chi connectivity index (χ1n) is 17.6. The van der Waals surface area contributed by atoms with Crippen LogP contribution in [0.3, 0.4) is 0 Å². The highest BCUT2D eigenvalue weighted by Crippen LogP contribution is 2.46. The quantitative estimate of drug-likeness (QED) is 0.174. The molecule has 236 valence electrons. The molecule has 0 fully saturated rings. The number of benzene rings is 10. The summed E-state index contributed by atoms with van der Waals surface area (Å²) in [5.74, 6) is 0. The van der Waals surface area contributed by atoms with Crippen molar-refractivity contribution >= 4 is 75.8 Å². The average molecular weight is 647 g/mol. The molecule has 1 aromatic heterocycles. The molecule has 0 N–H and O–H groups in total. The largest absolute Gasteiger partial charge is 0.456 e. The minimum absolute atomic E-state index is 0.918. The van der Waals surface area contributed by atoms with E-state index in [2.05, 4.69) is 182 Å². The third-order valence-corrected chi connectivity index (χ3v) is 10.8. The molecule has 1 heterocycles. The Labute approximate surface area is 294 Å². The number of rotatable bonds is 3. The minimum Gasteiger partial charge on any atom is -0.456 e. The monoisotopic (exact) mass is 646 g/mol. The van der Waals surface area contributed by atoms with Crippen LogP contribution in [0.5, 0.6) is 0 Å². The topological polar surface area (TPSA) is 13.1 Å². The summed E-state index contributed by atoms with van der Waals surface area (Å²) in [6, 6.07) is 66.4. The molecule has 0 atom stereocenters. The Morgan fingerprint density at radius 3 is 1.49 bits per heavy atom. The van der Waals surface area contributed by atoms with E-state index in [1.54, 1.807) is 0 Å². The van der Waals surface area contributed by atoms with Crippen LogP contribution in [0.4, 0.5) is 0 Å². The predicted octanol–water partition coefficient (Wildman–Crippen LogP) is 14.4. The normalized spacial score (nSPS) is 11.9. The van der Waals surface area contributed by atoms with Crippen LogP contribution in [-0.4, -0.2) is 0 Å². The van der Waals surface area contributed by atoms with E-state index >= 15 is 0 Å². The Morgan fingerprint density at radius 2 is 0.765 bits per heavy atom. The zero-order valence-electron chi connectivity index (χ0n) is 27.7. The number of hydrogen-bond donors (Lipinski definition) is 0. The van der Waals surface area contributed by atoms with Gasteiger partial charge < -0.3 is 4.42 Å². The van der Waals surface area contributed by atoms with Crippen LogP contribution in [0, 0.1) is 0 Å². The van der Waals surface area contributed by atoms with E-state index < -0.39 is 0 Å². The number of fused-ring (bicyclic) bond motifs is 9. The fraction of sp³-hybridized carbons (Fsp3) is 0. The van der Waals surface area contributed by atoms with E-state index in [1.807, 2.05) is 0 Å². The van der Waals surface area contributed by atoms with Crippen molar-refractivity contribution in [3.05, 3.63) is 182 Å². The van der Waals surface area contributed by atoms with E-state index in [4.69, 9.17) is 4.42 Å². The lowest BCUT2D eigenvalue weighted by molar-refractivity contribution is 0.669. The van der Waals surface area contributed by atoms with Crippen LogP contribution in [0.25, 0.3) is 109 Å². The van der Waals surface area contributed by atoms with Gasteiger partial charge in [-0.15, -0.1) is 0 Å². The highest BCUT2D eigenvalue weighted by Gasteiger charge is 2.18. The molecule has 0 bridgehead atoms. The molecule has 0 radical (unpaired) electrons. The minimum atomic E-state index is 0.918. The Balaban J connectivity index is 1.08. The first kappa shape index (κ1) is 28.2. The summed E-state index contributed by atoms with van der Waals surface area (Å²) in [5.41, 5.74) is 9.30. The first-order valence-corrected chi connectivity index (χ1v) is 17.6. The fourth-order valence-electron chi connectivity index (χ4n) is 8.48. The molecule has 0 aliphatic carbocycles. The fourth-order valence-corrected chi connectivity index (χ4v) is 8.48. The molecule has 0 aliphatic rings. The summed E-state index contributed by atoms with van der Waals surface area (Å²) in [6.45, 7) is 0. The Kier molecular flexibility index (Phi) is 6.02. The zero-order chi connectivity index (χ0) is 33.5. The van der Waals surface area contributed by atoms with Gasteiger partial charge >= 0.3 is 0 Å². The Hall–Kier alpha value is -6.70. The molecule has 0 saturated heterocycles. The van der Waals surface area contributed by atoms with Gasteiger partial charge in [0.15, 0.2) is 0 Å². The molecule has 10 aromatic carbocycles. The van der Waals surface area contributed by atoms with Crippen molar-refractivity contribution in [1.29, 1.82) is 0 Å². The van der Waals surface area contributed by atoms with Crippen molar-refractivity contribution in [2.24, 2.45) is 0 Å². The van der Waals surface area contributed by atoms with Crippen molar-refractivity contribution in [2.45, 2.75) is 0 Å². The maximum absolute atomic E-state index is 6.29. The molecule has 0 unspecified atom stereocenters. The van der Waals surface area contributed by atoms with Gasteiger partial charge in [0, 0.05) is 10.8 Å². The zero-order valence-corrected chi connectivity index (χ0v) is 27.7. The van der Waals surface area contributed by atoms with Gasteiger partial charge in [0.25, 0.3) is 0 Å². The second-order valence-electron chi connectivity index (χ2n) is 13.6. The lowest BCUT2D eigenvalue weighted by Gasteiger charge is -2.19. The van der Waals surface area contributed by atoms with Crippen LogP contribution in [0.1, 0.15) is 0 Å². The summed E-state index contributed by atoms with van der Waals surface area (Å²) in [4.78, 5) is 0. The van der Waals surface area contributed by atoms with Crippen molar-refractivity contribution < 1.29 is 4.42 Å². The summed E-state index contributed by atoms with van der Waals surface area (Å²) >= 11 is 0. The second kappa shape index (κ2) is 10.9. The molecular weight excluding hydrogens is 617 g/mol. The van der Waals surface area contributed by atoms with Gasteiger partial charge in [0.05, 0.1) is 0 Å². The molecule has 0 spiro atoms. The van der Waals surface area contributed by atoms with Crippen LogP contribution in [-0.2, 0) is 0 Å². The number of furan rings is 1. The summed E-state index contributed by atoms with van der Waals surface area (Å²) in [5, 5.41) is 14.8. The van der Waals surface area contributed by atoms with Crippen molar-refractivity contribution in [1.82, 2.24) is 0 Å². The van der Waals surface area contributed by atoms with Gasteiger partial charge in [-0.25, -0.2) is 0 Å². The third kappa shape index (κ3) is 4.28. The summed E-state index contributed by atoms with van der Waals surface area (Å²) < 4.78 is 6.29. The highest BCUT2D eigenvalue weighted by molar-refractivity contribution is 6.24. The van der Waals surface area contributed by atoms with E-state index in [9.17, 15) is 0 Å². The molecule has 1 nitrogen and oxygen atoms in total. The molecule has 11 aromatic rings. The van der Waals surface area contributed by atoms with Crippen LogP contribution in [0.15, 0.2) is 186 Å². The maximum atomic E-state index is 6.29. The molecule has 51 heavy (non-hydrogen) atoms. The average Bonchev–Trinajstić information content (AvgIpc) is 3.58. The van der Waals surface area contributed by atoms with Gasteiger partial charge in [0.2, 0.25) is 0 Å². The highest BCUT2D eigenvalue weighted by atomic mass is 16.3. The molecule has 0 saturated carbocycles.